The molecule has 0 aliphatic carbocycles. The molecular formula is C15H24N2O3. The van der Waals surface area contributed by atoms with Crippen LogP contribution in [-0.2, 0) is 11.2 Å². The van der Waals surface area contributed by atoms with Crippen LogP contribution in [0, 0.1) is 5.92 Å². The standard InChI is InChI=1S/C15H24N2O3/c1-11(2)9-17-14(18)10-20-15-12(7-8-16)5-4-6-13(15)19-3/h4-6,11H,7-10,16H2,1-3H3,(H,17,18). The first kappa shape index (κ1) is 16.3. The number of para-hydroxylation sites is 1. The maximum absolute atomic E-state index is 11.7. The molecule has 0 aromatic heterocycles. The second kappa shape index (κ2) is 8.43. The molecule has 1 aromatic rings. The summed E-state index contributed by atoms with van der Waals surface area (Å²) in [5.41, 5.74) is 6.53. The lowest BCUT2D eigenvalue weighted by molar-refractivity contribution is -0.123. The third-order valence-corrected chi connectivity index (χ3v) is 2.75. The minimum absolute atomic E-state index is 0.0232. The van der Waals surface area contributed by atoms with Gasteiger partial charge in [-0.25, -0.2) is 0 Å². The number of carbonyl (C=O) groups excluding carboxylic acids is 1. The fourth-order valence-corrected chi connectivity index (χ4v) is 1.74. The van der Waals surface area contributed by atoms with Crippen LogP contribution in [0.3, 0.4) is 0 Å². The molecule has 0 fully saturated rings. The number of hydrogen-bond acceptors (Lipinski definition) is 4. The Morgan fingerprint density at radius 3 is 2.75 bits per heavy atom. The zero-order chi connectivity index (χ0) is 15.0. The smallest absolute Gasteiger partial charge is 0.257 e. The molecule has 3 N–H and O–H groups in total. The van der Waals surface area contributed by atoms with Crippen LogP contribution in [0.15, 0.2) is 18.2 Å². The maximum atomic E-state index is 11.7. The van der Waals surface area contributed by atoms with E-state index in [4.69, 9.17) is 15.2 Å². The molecule has 5 heteroatoms. The van der Waals surface area contributed by atoms with Gasteiger partial charge in [-0.3, -0.25) is 4.79 Å². The van der Waals surface area contributed by atoms with Gasteiger partial charge >= 0.3 is 0 Å². The quantitative estimate of drug-likeness (QED) is 0.754. The molecular weight excluding hydrogens is 256 g/mol. The van der Waals surface area contributed by atoms with Gasteiger partial charge in [-0.05, 0) is 30.5 Å². The Morgan fingerprint density at radius 2 is 2.15 bits per heavy atom. The maximum Gasteiger partial charge on any atom is 0.257 e. The molecule has 0 atom stereocenters. The summed E-state index contributed by atoms with van der Waals surface area (Å²) >= 11 is 0. The highest BCUT2D eigenvalue weighted by molar-refractivity contribution is 5.77. The number of amides is 1. The van der Waals surface area contributed by atoms with Gasteiger partial charge in [-0.1, -0.05) is 26.0 Å². The second-order valence-electron chi connectivity index (χ2n) is 4.97. The molecule has 20 heavy (non-hydrogen) atoms. The third kappa shape index (κ3) is 5.09. The minimum Gasteiger partial charge on any atom is -0.493 e. The van der Waals surface area contributed by atoms with Crippen LogP contribution in [-0.4, -0.2) is 32.7 Å². The van der Waals surface area contributed by atoms with E-state index in [1.54, 1.807) is 13.2 Å². The molecule has 5 nitrogen and oxygen atoms in total. The SMILES string of the molecule is COc1cccc(CCN)c1OCC(=O)NCC(C)C. The first-order valence-electron chi connectivity index (χ1n) is 6.84. The predicted octanol–water partition coefficient (Wildman–Crippen LogP) is 1.35. The van der Waals surface area contributed by atoms with E-state index in [-0.39, 0.29) is 12.5 Å². The molecule has 1 aromatic carbocycles. The van der Waals surface area contributed by atoms with Gasteiger partial charge < -0.3 is 20.5 Å². The molecule has 0 bridgehead atoms. The van der Waals surface area contributed by atoms with E-state index in [9.17, 15) is 4.79 Å². The van der Waals surface area contributed by atoms with E-state index >= 15 is 0 Å². The highest BCUT2D eigenvalue weighted by Crippen LogP contribution is 2.31. The van der Waals surface area contributed by atoms with Crippen molar-refractivity contribution in [2.75, 3.05) is 26.8 Å². The summed E-state index contributed by atoms with van der Waals surface area (Å²) in [5.74, 6) is 1.49. The molecule has 0 heterocycles. The molecule has 1 amide bonds. The van der Waals surface area contributed by atoms with Crippen LogP contribution >= 0.6 is 0 Å². The monoisotopic (exact) mass is 280 g/mol. The van der Waals surface area contributed by atoms with Crippen LogP contribution in [0.2, 0.25) is 0 Å². The Bertz CT molecular complexity index is 433. The van der Waals surface area contributed by atoms with E-state index in [0.717, 1.165) is 5.56 Å². The van der Waals surface area contributed by atoms with Crippen molar-refractivity contribution in [1.82, 2.24) is 5.32 Å². The van der Waals surface area contributed by atoms with Crippen LogP contribution in [0.4, 0.5) is 0 Å². The van der Waals surface area contributed by atoms with Gasteiger partial charge in [-0.2, -0.15) is 0 Å². The van der Waals surface area contributed by atoms with Gasteiger partial charge in [0.25, 0.3) is 5.91 Å². The fraction of sp³-hybridized carbons (Fsp3) is 0.533. The number of benzene rings is 1. The molecule has 0 radical (unpaired) electrons. The Balaban J connectivity index is 2.68. The Morgan fingerprint density at radius 1 is 1.40 bits per heavy atom. The van der Waals surface area contributed by atoms with Crippen LogP contribution in [0.25, 0.3) is 0 Å². The van der Waals surface area contributed by atoms with Gasteiger partial charge in [0.2, 0.25) is 0 Å². The minimum atomic E-state index is -0.136. The molecule has 0 spiro atoms. The Labute approximate surface area is 120 Å². The van der Waals surface area contributed by atoms with Crippen LogP contribution in [0.5, 0.6) is 11.5 Å². The molecule has 0 aliphatic heterocycles. The van der Waals surface area contributed by atoms with Crippen molar-refractivity contribution in [3.8, 4) is 11.5 Å². The zero-order valence-corrected chi connectivity index (χ0v) is 12.4. The molecule has 0 unspecified atom stereocenters. The summed E-state index contributed by atoms with van der Waals surface area (Å²) in [4.78, 5) is 11.7. The molecule has 112 valence electrons. The highest BCUT2D eigenvalue weighted by atomic mass is 16.5. The van der Waals surface area contributed by atoms with Crippen molar-refractivity contribution in [2.24, 2.45) is 11.7 Å². The number of rotatable bonds is 8. The first-order valence-corrected chi connectivity index (χ1v) is 6.84. The Kier molecular flexibility index (Phi) is 6.87. The van der Waals surface area contributed by atoms with E-state index in [1.807, 2.05) is 26.0 Å². The summed E-state index contributed by atoms with van der Waals surface area (Å²) in [6.07, 6.45) is 0.681. The van der Waals surface area contributed by atoms with Crippen molar-refractivity contribution < 1.29 is 14.3 Å². The van der Waals surface area contributed by atoms with Crippen LogP contribution < -0.4 is 20.5 Å². The van der Waals surface area contributed by atoms with Gasteiger partial charge in [0, 0.05) is 6.54 Å². The summed E-state index contributed by atoms with van der Waals surface area (Å²) in [7, 11) is 1.58. The number of methoxy groups -OCH3 is 1. The van der Waals surface area contributed by atoms with E-state index < -0.39 is 0 Å². The van der Waals surface area contributed by atoms with Gasteiger partial charge in [0.15, 0.2) is 18.1 Å². The van der Waals surface area contributed by atoms with Crippen molar-refractivity contribution >= 4 is 5.91 Å². The average Bonchev–Trinajstić information content (AvgIpc) is 2.43. The fourth-order valence-electron chi connectivity index (χ4n) is 1.74. The van der Waals surface area contributed by atoms with Gasteiger partial charge in [0.05, 0.1) is 7.11 Å². The Hall–Kier alpha value is -1.75. The summed E-state index contributed by atoms with van der Waals surface area (Å²) in [6.45, 7) is 5.22. The van der Waals surface area contributed by atoms with Crippen molar-refractivity contribution in [3.05, 3.63) is 23.8 Å². The molecule has 0 aliphatic rings. The summed E-state index contributed by atoms with van der Waals surface area (Å²) < 4.78 is 10.9. The average molecular weight is 280 g/mol. The first-order chi connectivity index (χ1) is 9.58. The van der Waals surface area contributed by atoms with Crippen molar-refractivity contribution in [3.63, 3.8) is 0 Å². The number of ether oxygens (including phenoxy) is 2. The molecule has 0 saturated carbocycles. The lowest BCUT2D eigenvalue weighted by Gasteiger charge is -2.15. The lowest BCUT2D eigenvalue weighted by Crippen LogP contribution is -2.31. The number of nitrogens with one attached hydrogen (secondary N) is 1. The summed E-state index contributed by atoms with van der Waals surface area (Å²) in [5, 5.41) is 2.81. The van der Waals surface area contributed by atoms with Crippen molar-refractivity contribution in [2.45, 2.75) is 20.3 Å². The number of hydrogen-bond donors (Lipinski definition) is 2. The van der Waals surface area contributed by atoms with E-state index in [2.05, 4.69) is 5.32 Å². The number of nitrogens with two attached hydrogens (primary N) is 1. The molecule has 1 rings (SSSR count). The van der Waals surface area contributed by atoms with Crippen LogP contribution in [0.1, 0.15) is 19.4 Å². The number of carbonyl (C=O) groups is 1. The lowest BCUT2D eigenvalue weighted by atomic mass is 10.1. The topological polar surface area (TPSA) is 73.6 Å². The predicted molar refractivity (Wildman–Crippen MR) is 79.1 cm³/mol. The third-order valence-electron chi connectivity index (χ3n) is 2.75. The normalized spacial score (nSPS) is 10.4. The van der Waals surface area contributed by atoms with E-state index in [0.29, 0.717) is 36.9 Å². The second-order valence-corrected chi connectivity index (χ2v) is 4.97. The van der Waals surface area contributed by atoms with Gasteiger partial charge in [0.1, 0.15) is 0 Å². The van der Waals surface area contributed by atoms with Crippen molar-refractivity contribution in [1.29, 1.82) is 0 Å². The largest absolute Gasteiger partial charge is 0.493 e. The van der Waals surface area contributed by atoms with Gasteiger partial charge in [-0.15, -0.1) is 0 Å². The molecule has 0 saturated heterocycles. The summed E-state index contributed by atoms with van der Waals surface area (Å²) in [6, 6.07) is 5.62. The zero-order valence-electron chi connectivity index (χ0n) is 12.4. The highest BCUT2D eigenvalue weighted by Gasteiger charge is 2.12. The van der Waals surface area contributed by atoms with E-state index in [1.165, 1.54) is 0 Å².